The molecule has 0 aliphatic rings. The first-order valence-electron chi connectivity index (χ1n) is 11.3. The Labute approximate surface area is 157 Å². The maximum absolute atomic E-state index is 2.44. The molecule has 0 N–H and O–H groups in total. The molecule has 0 saturated carbocycles. The average molecular weight is 377 g/mol. The van der Waals surface area contributed by atoms with Gasteiger partial charge in [-0.2, -0.15) is 0 Å². The molecule has 0 fully saturated rings. The smallest absolute Gasteiger partial charge is 0.0533 e. The lowest BCUT2D eigenvalue weighted by molar-refractivity contribution is 0.586. The number of hydrogen-bond donors (Lipinski definition) is 0. The fourth-order valence-electron chi connectivity index (χ4n) is 4.25. The zero-order chi connectivity index (χ0) is 18.3. The van der Waals surface area contributed by atoms with Crippen molar-refractivity contribution in [1.29, 1.82) is 0 Å². The predicted octanol–water partition coefficient (Wildman–Crippen LogP) is 8.26. The lowest BCUT2D eigenvalue weighted by Crippen LogP contribution is -2.07. The van der Waals surface area contributed by atoms with Crippen molar-refractivity contribution < 1.29 is 0 Å². The van der Waals surface area contributed by atoms with Crippen molar-refractivity contribution in [3.63, 3.8) is 0 Å². The van der Waals surface area contributed by atoms with Crippen molar-refractivity contribution in [3.05, 3.63) is 0 Å². The first-order valence-corrected chi connectivity index (χ1v) is 16.3. The molecule has 0 radical (unpaired) electrons. The van der Waals surface area contributed by atoms with Gasteiger partial charge in [-0.1, -0.05) is 25.7 Å². The number of unbranched alkanes of at least 4 members (excludes halogenated alkanes) is 7. The molecule has 0 amide bonds. The van der Waals surface area contributed by atoms with Crippen molar-refractivity contribution in [3.8, 4) is 0 Å². The van der Waals surface area contributed by atoms with Gasteiger partial charge in [-0.15, -0.1) is 0 Å². The van der Waals surface area contributed by atoms with E-state index in [1.54, 1.807) is 12.3 Å². The van der Waals surface area contributed by atoms with Gasteiger partial charge in [-0.25, -0.2) is 0 Å². The molecule has 0 aromatic rings. The monoisotopic (exact) mass is 376 g/mol. The van der Waals surface area contributed by atoms with Gasteiger partial charge in [0.25, 0.3) is 0 Å². The van der Waals surface area contributed by atoms with E-state index in [1.807, 2.05) is 0 Å². The van der Waals surface area contributed by atoms with Crippen LogP contribution in [-0.4, -0.2) is 49.3 Å². The molecule has 0 spiro atoms. The van der Waals surface area contributed by atoms with E-state index in [2.05, 4.69) is 41.5 Å². The second-order valence-electron chi connectivity index (χ2n) is 7.86. The summed E-state index contributed by atoms with van der Waals surface area (Å²) in [7, 11) is -1.06. The van der Waals surface area contributed by atoms with Gasteiger partial charge in [0.15, 0.2) is 0 Å². The SMILES string of the molecule is CC[P+](CC)(CC)CCCCCCCCCC[P+](CC)(CC)CC. The molecule has 0 aromatic carbocycles. The third kappa shape index (κ3) is 9.53. The normalized spacial score (nSPS) is 12.8. The first-order chi connectivity index (χ1) is 11.6. The number of rotatable bonds is 17. The van der Waals surface area contributed by atoms with E-state index < -0.39 is 14.5 Å². The molecule has 24 heavy (non-hydrogen) atoms. The van der Waals surface area contributed by atoms with Gasteiger partial charge in [-0.3, -0.25) is 0 Å². The summed E-state index contributed by atoms with van der Waals surface area (Å²) in [5.41, 5.74) is 0. The Kier molecular flexibility index (Phi) is 15.5. The Morgan fingerprint density at radius 2 is 0.542 bits per heavy atom. The molecule has 0 bridgehead atoms. The molecular formula is C22H50P2+2. The summed E-state index contributed by atoms with van der Waals surface area (Å²) in [6, 6.07) is 0. The van der Waals surface area contributed by atoms with Crippen LogP contribution < -0.4 is 0 Å². The Balaban J connectivity index is 3.58. The molecule has 0 nitrogen and oxygen atoms in total. The van der Waals surface area contributed by atoms with Gasteiger partial charge in [0.2, 0.25) is 0 Å². The highest BCUT2D eigenvalue weighted by atomic mass is 31.2. The summed E-state index contributed by atoms with van der Waals surface area (Å²) in [6.45, 7) is 14.6. The maximum Gasteiger partial charge on any atom is 0.0594 e. The Bertz CT molecular complexity index is 223. The van der Waals surface area contributed by atoms with Crippen LogP contribution in [-0.2, 0) is 0 Å². The van der Waals surface area contributed by atoms with Crippen LogP contribution in [0.1, 0.15) is 92.9 Å². The van der Waals surface area contributed by atoms with Crippen LogP contribution in [0.4, 0.5) is 0 Å². The molecule has 0 aliphatic carbocycles. The van der Waals surface area contributed by atoms with Crippen LogP contribution in [0.25, 0.3) is 0 Å². The van der Waals surface area contributed by atoms with Crippen LogP contribution in [0, 0.1) is 0 Å². The minimum Gasteiger partial charge on any atom is -0.0533 e. The van der Waals surface area contributed by atoms with Gasteiger partial charge in [0.05, 0.1) is 49.3 Å². The molecular weight excluding hydrogens is 326 g/mol. The highest BCUT2D eigenvalue weighted by Gasteiger charge is 2.30. The largest absolute Gasteiger partial charge is 0.0594 e. The Hall–Kier alpha value is 0.860. The van der Waals surface area contributed by atoms with E-state index in [0.717, 1.165) is 0 Å². The van der Waals surface area contributed by atoms with Gasteiger partial charge in [0, 0.05) is 14.5 Å². The fraction of sp³-hybridized carbons (Fsp3) is 1.00. The van der Waals surface area contributed by atoms with Gasteiger partial charge in [-0.05, 0) is 67.2 Å². The van der Waals surface area contributed by atoms with Crippen molar-refractivity contribution in [1.82, 2.24) is 0 Å². The molecule has 0 aliphatic heterocycles. The van der Waals surface area contributed by atoms with Crippen LogP contribution in [0.15, 0.2) is 0 Å². The van der Waals surface area contributed by atoms with Gasteiger partial charge >= 0.3 is 0 Å². The van der Waals surface area contributed by atoms with Crippen molar-refractivity contribution in [2.24, 2.45) is 0 Å². The lowest BCUT2D eigenvalue weighted by Gasteiger charge is -2.23. The Morgan fingerprint density at radius 3 is 0.750 bits per heavy atom. The van der Waals surface area contributed by atoms with E-state index in [-0.39, 0.29) is 0 Å². The number of hydrogen-bond acceptors (Lipinski definition) is 0. The molecule has 146 valence electrons. The van der Waals surface area contributed by atoms with Crippen LogP contribution in [0.5, 0.6) is 0 Å². The van der Waals surface area contributed by atoms with Crippen LogP contribution in [0.2, 0.25) is 0 Å². The second kappa shape index (κ2) is 15.0. The third-order valence-electron chi connectivity index (χ3n) is 7.04. The highest BCUT2D eigenvalue weighted by molar-refractivity contribution is 7.76. The molecule has 0 rings (SSSR count). The summed E-state index contributed by atoms with van der Waals surface area (Å²) in [4.78, 5) is 0. The van der Waals surface area contributed by atoms with Gasteiger partial charge < -0.3 is 0 Å². The molecule has 0 heterocycles. The summed E-state index contributed by atoms with van der Waals surface area (Å²) >= 11 is 0. The minimum absolute atomic E-state index is 0.532. The lowest BCUT2D eigenvalue weighted by atomic mass is 10.1. The zero-order valence-electron chi connectivity index (χ0n) is 18.2. The standard InChI is InChI=1S/C22H50P2/c1-7-23(8-2,9-3)21-19-17-15-13-14-16-18-20-22-24(10-4,11-5)12-6/h7-22H2,1-6H3/q+2. The van der Waals surface area contributed by atoms with Crippen LogP contribution in [0.3, 0.4) is 0 Å². The van der Waals surface area contributed by atoms with E-state index >= 15 is 0 Å². The second-order valence-corrected chi connectivity index (χ2v) is 17.9. The summed E-state index contributed by atoms with van der Waals surface area (Å²) in [5, 5.41) is 0. The van der Waals surface area contributed by atoms with Crippen molar-refractivity contribution in [2.45, 2.75) is 92.9 Å². The van der Waals surface area contributed by atoms with E-state index in [1.165, 1.54) is 88.3 Å². The minimum atomic E-state index is -0.532. The molecule has 0 saturated heterocycles. The van der Waals surface area contributed by atoms with Gasteiger partial charge in [0.1, 0.15) is 0 Å². The molecule has 0 unspecified atom stereocenters. The van der Waals surface area contributed by atoms with E-state index in [9.17, 15) is 0 Å². The summed E-state index contributed by atoms with van der Waals surface area (Å²) < 4.78 is 0. The van der Waals surface area contributed by atoms with Crippen molar-refractivity contribution in [2.75, 3.05) is 49.3 Å². The fourth-order valence-corrected chi connectivity index (χ4v) is 10.6. The quantitative estimate of drug-likeness (QED) is 0.177. The van der Waals surface area contributed by atoms with Crippen LogP contribution >= 0.6 is 14.5 Å². The average Bonchev–Trinajstić information content (AvgIpc) is 2.64. The maximum atomic E-state index is 2.44. The summed E-state index contributed by atoms with van der Waals surface area (Å²) in [6.07, 6.45) is 24.0. The first kappa shape index (κ1) is 24.9. The molecule has 2 heteroatoms. The predicted molar refractivity (Wildman–Crippen MR) is 124 cm³/mol. The topological polar surface area (TPSA) is 0 Å². The highest BCUT2D eigenvalue weighted by Crippen LogP contribution is 2.59. The Morgan fingerprint density at radius 1 is 0.333 bits per heavy atom. The van der Waals surface area contributed by atoms with E-state index in [0.29, 0.717) is 0 Å². The van der Waals surface area contributed by atoms with E-state index in [4.69, 9.17) is 0 Å². The molecule has 0 aromatic heterocycles. The summed E-state index contributed by atoms with van der Waals surface area (Å²) in [5.74, 6) is 0. The van der Waals surface area contributed by atoms with Crippen molar-refractivity contribution >= 4 is 14.5 Å². The zero-order valence-corrected chi connectivity index (χ0v) is 20.0. The third-order valence-corrected chi connectivity index (χ3v) is 17.6. The molecule has 0 atom stereocenters.